The van der Waals surface area contributed by atoms with Gasteiger partial charge in [0.25, 0.3) is 5.56 Å². The number of nitrogens with one attached hydrogen (secondary N) is 3. The van der Waals surface area contributed by atoms with E-state index in [1.807, 2.05) is 18.2 Å². The van der Waals surface area contributed by atoms with E-state index in [0.29, 0.717) is 19.5 Å². The summed E-state index contributed by atoms with van der Waals surface area (Å²) in [5, 5.41) is 15.5. The molecule has 3 aromatic rings. The monoisotopic (exact) mass is 406 g/mol. The summed E-state index contributed by atoms with van der Waals surface area (Å²) in [6, 6.07) is 7.55. The van der Waals surface area contributed by atoms with E-state index in [0.717, 1.165) is 41.4 Å². The minimum absolute atomic E-state index is 0.194. The number of para-hydroxylation sites is 1. The maximum atomic E-state index is 12.7. The highest BCUT2D eigenvalue weighted by Gasteiger charge is 2.30. The Hall–Kier alpha value is -3.06. The van der Waals surface area contributed by atoms with E-state index < -0.39 is 17.3 Å². The Morgan fingerprint density at radius 2 is 1.97 bits per heavy atom. The second-order valence-electron chi connectivity index (χ2n) is 8.21. The van der Waals surface area contributed by atoms with Gasteiger partial charge in [0.1, 0.15) is 5.56 Å². The molecule has 0 amide bonds. The number of aromatic hydroxyl groups is 1. The summed E-state index contributed by atoms with van der Waals surface area (Å²) < 4.78 is 1.30. The molecule has 156 valence electrons. The number of rotatable bonds is 4. The van der Waals surface area contributed by atoms with Gasteiger partial charge in [-0.3, -0.25) is 14.3 Å². The van der Waals surface area contributed by atoms with Gasteiger partial charge in [-0.2, -0.15) is 0 Å². The minimum atomic E-state index is -0.565. The van der Waals surface area contributed by atoms with Crippen LogP contribution < -0.4 is 16.6 Å². The molecule has 3 heterocycles. The number of H-pyrrole nitrogens is 2. The fourth-order valence-electron chi connectivity index (χ4n) is 4.86. The van der Waals surface area contributed by atoms with Crippen molar-refractivity contribution in [3.8, 4) is 5.88 Å². The summed E-state index contributed by atoms with van der Waals surface area (Å²) in [5.74, 6) is -0.246. The van der Waals surface area contributed by atoms with E-state index in [4.69, 9.17) is 0 Å². The largest absolute Gasteiger partial charge is 0.494 e. The average molecular weight is 406 g/mol. The predicted octanol–water partition coefficient (Wildman–Crippen LogP) is 2.85. The van der Waals surface area contributed by atoms with Crippen LogP contribution in [-0.4, -0.2) is 26.2 Å². The first-order valence-electron chi connectivity index (χ1n) is 10.7. The van der Waals surface area contributed by atoms with Crippen LogP contribution in [0.25, 0.3) is 10.9 Å². The van der Waals surface area contributed by atoms with Gasteiger partial charge in [-0.1, -0.05) is 29.8 Å². The highest BCUT2D eigenvalue weighted by molar-refractivity contribution is 5.85. The van der Waals surface area contributed by atoms with Crippen molar-refractivity contribution in [2.24, 2.45) is 0 Å². The summed E-state index contributed by atoms with van der Waals surface area (Å²) in [7, 11) is 0. The highest BCUT2D eigenvalue weighted by Crippen LogP contribution is 2.34. The maximum Gasteiger partial charge on any atom is 0.331 e. The topological polar surface area (TPSA) is 103 Å². The lowest BCUT2D eigenvalue weighted by molar-refractivity contribution is 0.381. The van der Waals surface area contributed by atoms with Crippen LogP contribution in [0.5, 0.6) is 5.88 Å². The maximum absolute atomic E-state index is 12.7. The van der Waals surface area contributed by atoms with Crippen molar-refractivity contribution in [3.63, 3.8) is 0 Å². The Kier molecular flexibility index (Phi) is 4.83. The first-order chi connectivity index (χ1) is 14.6. The first kappa shape index (κ1) is 18.9. The number of hydrogen-bond donors (Lipinski definition) is 4. The molecule has 2 aliphatic rings. The molecule has 0 unspecified atom stereocenters. The van der Waals surface area contributed by atoms with E-state index >= 15 is 0 Å². The molecule has 1 aliphatic heterocycles. The molecule has 5 rings (SSSR count). The van der Waals surface area contributed by atoms with Crippen molar-refractivity contribution in [1.29, 1.82) is 0 Å². The van der Waals surface area contributed by atoms with Gasteiger partial charge in [0.15, 0.2) is 0 Å². The number of benzene rings is 1. The normalized spacial score (nSPS) is 18.9. The molecule has 7 heteroatoms. The van der Waals surface area contributed by atoms with E-state index in [1.54, 1.807) is 0 Å². The number of fused-ring (bicyclic) bond motifs is 3. The van der Waals surface area contributed by atoms with Crippen molar-refractivity contribution in [3.05, 3.63) is 73.6 Å². The van der Waals surface area contributed by atoms with Gasteiger partial charge in [0.2, 0.25) is 5.88 Å². The molecule has 0 saturated heterocycles. The Morgan fingerprint density at radius 3 is 2.80 bits per heavy atom. The summed E-state index contributed by atoms with van der Waals surface area (Å²) in [5.41, 5.74) is 3.43. The molecule has 0 bridgehead atoms. The second kappa shape index (κ2) is 7.65. The molecule has 1 atom stereocenters. The second-order valence-corrected chi connectivity index (χ2v) is 8.21. The standard InChI is InChI=1S/C23H26N4O3/c28-21-18(20-19-16(10-12-24-20)15-8-4-5-9-17(15)25-19)22(29)27(23(30)26-21)13-11-14-6-2-1-3-7-14/h4-6,8-9,20,24-25,29H,1-3,7,10-13H2,(H,26,28,30)/t20-/m0/s1. The number of aromatic nitrogens is 3. The highest BCUT2D eigenvalue weighted by atomic mass is 16.3. The molecule has 2 aromatic heterocycles. The Labute approximate surface area is 173 Å². The molecule has 1 aromatic carbocycles. The molecule has 0 radical (unpaired) electrons. The summed E-state index contributed by atoms with van der Waals surface area (Å²) >= 11 is 0. The van der Waals surface area contributed by atoms with E-state index in [2.05, 4.69) is 27.4 Å². The van der Waals surface area contributed by atoms with Crippen molar-refractivity contribution < 1.29 is 5.11 Å². The Bertz CT molecular complexity index is 1250. The summed E-state index contributed by atoms with van der Waals surface area (Å²) in [6.45, 7) is 1.04. The van der Waals surface area contributed by atoms with Gasteiger partial charge in [-0.25, -0.2) is 4.79 Å². The van der Waals surface area contributed by atoms with Crippen LogP contribution in [-0.2, 0) is 13.0 Å². The lowest BCUT2D eigenvalue weighted by atomic mass is 9.95. The molecule has 0 fully saturated rings. The lowest BCUT2D eigenvalue weighted by Crippen LogP contribution is -2.39. The third-order valence-electron chi connectivity index (χ3n) is 6.40. The van der Waals surface area contributed by atoms with E-state index in [9.17, 15) is 14.7 Å². The van der Waals surface area contributed by atoms with Crippen LogP contribution >= 0.6 is 0 Å². The molecule has 0 saturated carbocycles. The summed E-state index contributed by atoms with van der Waals surface area (Å²) in [6.07, 6.45) is 8.25. The van der Waals surface area contributed by atoms with Gasteiger partial charge in [0.05, 0.1) is 6.04 Å². The Balaban J connectivity index is 1.56. The predicted molar refractivity (Wildman–Crippen MR) is 116 cm³/mol. The zero-order chi connectivity index (χ0) is 20.7. The lowest BCUT2D eigenvalue weighted by Gasteiger charge is -2.25. The van der Waals surface area contributed by atoms with Crippen molar-refractivity contribution in [2.45, 2.75) is 51.1 Å². The van der Waals surface area contributed by atoms with Crippen LogP contribution in [0, 0.1) is 0 Å². The summed E-state index contributed by atoms with van der Waals surface area (Å²) in [4.78, 5) is 31.0. The molecule has 1 aliphatic carbocycles. The number of allylic oxidation sites excluding steroid dienone is 2. The molecule has 4 N–H and O–H groups in total. The molecule has 0 spiro atoms. The Morgan fingerprint density at radius 1 is 1.10 bits per heavy atom. The first-order valence-corrected chi connectivity index (χ1v) is 10.7. The quantitative estimate of drug-likeness (QED) is 0.500. The fourth-order valence-corrected chi connectivity index (χ4v) is 4.86. The number of hydrogen-bond acceptors (Lipinski definition) is 4. The molecular weight excluding hydrogens is 380 g/mol. The SMILES string of the molecule is O=c1[nH]c(=O)n(CCC2=CCCCC2)c(O)c1[C@@H]1NCCc2c1[nH]c1ccccc21. The zero-order valence-corrected chi connectivity index (χ0v) is 16.8. The van der Waals surface area contributed by atoms with Crippen molar-refractivity contribution in [1.82, 2.24) is 19.9 Å². The van der Waals surface area contributed by atoms with Crippen LogP contribution in [0.4, 0.5) is 0 Å². The van der Waals surface area contributed by atoms with Gasteiger partial charge in [-0.15, -0.1) is 0 Å². The smallest absolute Gasteiger partial charge is 0.331 e. The van der Waals surface area contributed by atoms with Gasteiger partial charge in [0, 0.05) is 29.7 Å². The third-order valence-corrected chi connectivity index (χ3v) is 6.40. The number of aromatic amines is 2. The van der Waals surface area contributed by atoms with Crippen LogP contribution in [0.2, 0.25) is 0 Å². The molecule has 30 heavy (non-hydrogen) atoms. The van der Waals surface area contributed by atoms with Crippen LogP contribution in [0.15, 0.2) is 45.5 Å². The third kappa shape index (κ3) is 3.19. The molecular formula is C23H26N4O3. The van der Waals surface area contributed by atoms with Gasteiger partial charge in [-0.05, 0) is 50.2 Å². The van der Waals surface area contributed by atoms with Crippen LogP contribution in [0.3, 0.4) is 0 Å². The minimum Gasteiger partial charge on any atom is -0.494 e. The van der Waals surface area contributed by atoms with Gasteiger partial charge >= 0.3 is 5.69 Å². The zero-order valence-electron chi connectivity index (χ0n) is 16.8. The van der Waals surface area contributed by atoms with Crippen molar-refractivity contribution in [2.75, 3.05) is 6.54 Å². The van der Waals surface area contributed by atoms with E-state index in [1.165, 1.54) is 23.0 Å². The van der Waals surface area contributed by atoms with E-state index in [-0.39, 0.29) is 11.4 Å². The van der Waals surface area contributed by atoms with Crippen LogP contribution in [0.1, 0.15) is 55.0 Å². The van der Waals surface area contributed by atoms with Crippen molar-refractivity contribution >= 4 is 10.9 Å². The van der Waals surface area contributed by atoms with Gasteiger partial charge < -0.3 is 15.4 Å². The number of nitrogens with zero attached hydrogens (tertiary/aromatic N) is 1. The fraction of sp³-hybridized carbons (Fsp3) is 0.391. The average Bonchev–Trinajstić information content (AvgIpc) is 3.14. The molecule has 7 nitrogen and oxygen atoms in total.